The highest BCUT2D eigenvalue weighted by Gasteiger charge is 2.17. The highest BCUT2D eigenvalue weighted by molar-refractivity contribution is 5.98. The van der Waals surface area contributed by atoms with Crippen LogP contribution < -0.4 is 10.6 Å². The molecular formula is C13H12FN3O4. The van der Waals surface area contributed by atoms with E-state index in [1.807, 2.05) is 0 Å². The summed E-state index contributed by atoms with van der Waals surface area (Å²) in [6.45, 7) is 0.186. The number of nitrogens with zero attached hydrogens (tertiary/aromatic N) is 1. The maximum Gasteiger partial charge on any atom is 0.404 e. The molecule has 0 saturated heterocycles. The quantitative estimate of drug-likeness (QED) is 0.724. The number of hydrogen-bond donors (Lipinski definition) is 3. The Kier molecular flexibility index (Phi) is 4.50. The Balaban J connectivity index is 2.04. The van der Waals surface area contributed by atoms with Crippen LogP contribution in [0.1, 0.15) is 10.5 Å². The van der Waals surface area contributed by atoms with E-state index in [2.05, 4.69) is 15.8 Å². The zero-order chi connectivity index (χ0) is 15.2. The first kappa shape index (κ1) is 14.5. The fraction of sp³-hybridized carbons (Fsp3) is 0.154. The topological polar surface area (TPSA) is 104 Å². The summed E-state index contributed by atoms with van der Waals surface area (Å²) in [5.41, 5.74) is 1.07. The molecule has 0 fully saturated rings. The lowest BCUT2D eigenvalue weighted by Gasteiger charge is -2.04. The van der Waals surface area contributed by atoms with Gasteiger partial charge in [-0.2, -0.15) is 0 Å². The highest BCUT2D eigenvalue weighted by Crippen LogP contribution is 2.23. The Morgan fingerprint density at radius 2 is 1.86 bits per heavy atom. The number of carbonyl (C=O) groups is 2. The van der Waals surface area contributed by atoms with Gasteiger partial charge in [0.15, 0.2) is 5.69 Å². The molecule has 0 aliphatic heterocycles. The van der Waals surface area contributed by atoms with Crippen LogP contribution in [0.15, 0.2) is 35.1 Å². The van der Waals surface area contributed by atoms with Crippen molar-refractivity contribution in [2.75, 3.05) is 13.1 Å². The van der Waals surface area contributed by atoms with E-state index in [4.69, 9.17) is 9.63 Å². The summed E-state index contributed by atoms with van der Waals surface area (Å²) < 4.78 is 17.7. The van der Waals surface area contributed by atoms with Crippen molar-refractivity contribution in [3.05, 3.63) is 42.0 Å². The van der Waals surface area contributed by atoms with Gasteiger partial charge in [0.2, 0.25) is 0 Å². The van der Waals surface area contributed by atoms with Crippen molar-refractivity contribution < 1.29 is 23.6 Å². The Labute approximate surface area is 118 Å². The number of hydrogen-bond acceptors (Lipinski definition) is 4. The molecule has 2 amide bonds. The van der Waals surface area contributed by atoms with Gasteiger partial charge in [-0.3, -0.25) is 4.79 Å². The minimum atomic E-state index is -1.17. The molecule has 110 valence electrons. The molecule has 0 bridgehead atoms. The first-order chi connectivity index (χ1) is 10.1. The summed E-state index contributed by atoms with van der Waals surface area (Å²) in [5, 5.41) is 16.6. The predicted octanol–water partition coefficient (Wildman–Crippen LogP) is 1.48. The van der Waals surface area contributed by atoms with Gasteiger partial charge < -0.3 is 20.3 Å². The molecule has 0 saturated carbocycles. The Morgan fingerprint density at radius 1 is 1.19 bits per heavy atom. The van der Waals surface area contributed by atoms with Crippen molar-refractivity contribution in [2.45, 2.75) is 0 Å². The van der Waals surface area contributed by atoms with Gasteiger partial charge in [0, 0.05) is 13.1 Å². The van der Waals surface area contributed by atoms with Crippen molar-refractivity contribution in [2.24, 2.45) is 0 Å². The second-order valence-electron chi connectivity index (χ2n) is 4.07. The van der Waals surface area contributed by atoms with E-state index in [1.54, 1.807) is 0 Å². The number of carbonyl (C=O) groups excluding carboxylic acids is 1. The lowest BCUT2D eigenvalue weighted by atomic mass is 10.1. The minimum Gasteiger partial charge on any atom is -0.465 e. The normalized spacial score (nSPS) is 10.1. The number of halogens is 1. The number of nitrogens with one attached hydrogen (secondary N) is 2. The van der Waals surface area contributed by atoms with Crippen molar-refractivity contribution in [1.82, 2.24) is 15.8 Å². The average molecular weight is 293 g/mol. The summed E-state index contributed by atoms with van der Waals surface area (Å²) in [6, 6.07) is 5.54. The van der Waals surface area contributed by atoms with Crippen LogP contribution in [-0.4, -0.2) is 35.4 Å². The van der Waals surface area contributed by atoms with Crippen LogP contribution in [0.2, 0.25) is 0 Å². The zero-order valence-electron chi connectivity index (χ0n) is 10.8. The van der Waals surface area contributed by atoms with E-state index in [0.29, 0.717) is 11.1 Å². The molecule has 0 spiro atoms. The number of aromatic nitrogens is 1. The van der Waals surface area contributed by atoms with Crippen molar-refractivity contribution >= 4 is 12.0 Å². The Bertz CT molecular complexity index is 639. The summed E-state index contributed by atoms with van der Waals surface area (Å²) in [5.74, 6) is -0.892. The summed E-state index contributed by atoms with van der Waals surface area (Å²) >= 11 is 0. The standard InChI is InChI=1S/C13H12FN3O4/c14-9-3-1-8(2-4-9)10-7-21-17-11(10)12(18)15-5-6-16-13(19)20/h1-4,7,16H,5-6H2,(H,15,18)(H,19,20). The third kappa shape index (κ3) is 3.78. The van der Waals surface area contributed by atoms with E-state index in [1.165, 1.54) is 30.5 Å². The maximum atomic E-state index is 12.9. The van der Waals surface area contributed by atoms with Gasteiger partial charge in [0.1, 0.15) is 12.1 Å². The van der Waals surface area contributed by atoms with Crippen LogP contribution in [0.5, 0.6) is 0 Å². The molecule has 0 radical (unpaired) electrons. The average Bonchev–Trinajstić information content (AvgIpc) is 2.93. The molecule has 21 heavy (non-hydrogen) atoms. The highest BCUT2D eigenvalue weighted by atomic mass is 19.1. The number of benzene rings is 1. The maximum absolute atomic E-state index is 12.9. The molecule has 1 heterocycles. The van der Waals surface area contributed by atoms with E-state index >= 15 is 0 Å². The van der Waals surface area contributed by atoms with E-state index in [9.17, 15) is 14.0 Å². The fourth-order valence-electron chi connectivity index (χ4n) is 1.66. The monoisotopic (exact) mass is 293 g/mol. The van der Waals surface area contributed by atoms with Crippen molar-refractivity contribution in [3.63, 3.8) is 0 Å². The van der Waals surface area contributed by atoms with Gasteiger partial charge in [0.25, 0.3) is 5.91 Å². The van der Waals surface area contributed by atoms with Crippen LogP contribution in [-0.2, 0) is 0 Å². The van der Waals surface area contributed by atoms with Crippen LogP contribution in [0.25, 0.3) is 11.1 Å². The largest absolute Gasteiger partial charge is 0.465 e. The molecule has 0 atom stereocenters. The Hall–Kier alpha value is -2.90. The number of amides is 2. The second kappa shape index (κ2) is 6.51. The smallest absolute Gasteiger partial charge is 0.404 e. The first-order valence-electron chi connectivity index (χ1n) is 6.03. The lowest BCUT2D eigenvalue weighted by Crippen LogP contribution is -2.34. The third-order valence-corrected chi connectivity index (χ3v) is 2.63. The summed E-state index contributed by atoms with van der Waals surface area (Å²) in [7, 11) is 0. The van der Waals surface area contributed by atoms with Crippen LogP contribution in [0.3, 0.4) is 0 Å². The SMILES string of the molecule is O=C(O)NCCNC(=O)c1nocc1-c1ccc(F)cc1. The van der Waals surface area contributed by atoms with E-state index < -0.39 is 12.0 Å². The van der Waals surface area contributed by atoms with Gasteiger partial charge in [-0.25, -0.2) is 9.18 Å². The molecule has 3 N–H and O–H groups in total. The van der Waals surface area contributed by atoms with Crippen LogP contribution in [0.4, 0.5) is 9.18 Å². The molecule has 1 aromatic carbocycles. The molecule has 1 aromatic heterocycles. The molecule has 2 aromatic rings. The molecule has 8 heteroatoms. The lowest BCUT2D eigenvalue weighted by molar-refractivity contribution is 0.0944. The van der Waals surface area contributed by atoms with Gasteiger partial charge in [-0.15, -0.1) is 0 Å². The first-order valence-corrected chi connectivity index (χ1v) is 6.03. The minimum absolute atomic E-state index is 0.0527. The summed E-state index contributed by atoms with van der Waals surface area (Å²) in [6.07, 6.45) is 0.121. The van der Waals surface area contributed by atoms with Crippen molar-refractivity contribution in [3.8, 4) is 11.1 Å². The number of carboxylic acid groups (broad SMARTS) is 1. The second-order valence-corrected chi connectivity index (χ2v) is 4.07. The van der Waals surface area contributed by atoms with Crippen molar-refractivity contribution in [1.29, 1.82) is 0 Å². The van der Waals surface area contributed by atoms with Gasteiger partial charge in [0.05, 0.1) is 5.56 Å². The van der Waals surface area contributed by atoms with E-state index in [-0.39, 0.29) is 24.6 Å². The van der Waals surface area contributed by atoms with Crippen LogP contribution in [0, 0.1) is 5.82 Å². The number of rotatable bonds is 5. The summed E-state index contributed by atoms with van der Waals surface area (Å²) in [4.78, 5) is 22.2. The molecule has 2 rings (SSSR count). The molecule has 7 nitrogen and oxygen atoms in total. The Morgan fingerprint density at radius 3 is 2.52 bits per heavy atom. The van der Waals surface area contributed by atoms with Gasteiger partial charge in [-0.05, 0) is 17.7 Å². The molecule has 0 aliphatic carbocycles. The van der Waals surface area contributed by atoms with Gasteiger partial charge in [-0.1, -0.05) is 17.3 Å². The zero-order valence-corrected chi connectivity index (χ0v) is 10.8. The molecule has 0 unspecified atom stereocenters. The molecular weight excluding hydrogens is 281 g/mol. The fourth-order valence-corrected chi connectivity index (χ4v) is 1.66. The van der Waals surface area contributed by atoms with Crippen LogP contribution >= 0.6 is 0 Å². The third-order valence-electron chi connectivity index (χ3n) is 2.63. The van der Waals surface area contributed by atoms with E-state index in [0.717, 1.165) is 0 Å². The van der Waals surface area contributed by atoms with Gasteiger partial charge >= 0.3 is 6.09 Å². The predicted molar refractivity (Wildman–Crippen MR) is 70.3 cm³/mol. The molecule has 0 aliphatic rings.